The molecule has 0 atom stereocenters. The Morgan fingerprint density at radius 1 is 0.448 bits per heavy atom. The molecule has 2 aliphatic carbocycles. The van der Waals surface area contributed by atoms with Gasteiger partial charge < -0.3 is 14.2 Å². The second-order valence-corrected chi connectivity index (χ2v) is 9.50. The second-order valence-electron chi connectivity index (χ2n) is 9.50. The third kappa shape index (κ3) is 11.7. The zero-order valence-electron chi connectivity index (χ0n) is 19.7. The highest BCUT2D eigenvalue weighted by Gasteiger charge is 2.27. The molecule has 2 fully saturated rings. The Hall–Kier alpha value is -0.120. The Morgan fingerprint density at radius 2 is 0.793 bits per heavy atom. The van der Waals surface area contributed by atoms with Gasteiger partial charge in [-0.05, 0) is 64.2 Å². The third-order valence-electron chi connectivity index (χ3n) is 6.83. The van der Waals surface area contributed by atoms with Gasteiger partial charge in [0.2, 0.25) is 0 Å². The van der Waals surface area contributed by atoms with E-state index in [1.807, 2.05) is 0 Å². The lowest BCUT2D eigenvalue weighted by molar-refractivity contribution is -0.0879. The fourth-order valence-electron chi connectivity index (χ4n) is 4.85. The number of hydrogen-bond acceptors (Lipinski definition) is 3. The van der Waals surface area contributed by atoms with Crippen molar-refractivity contribution in [3.8, 4) is 0 Å². The largest absolute Gasteiger partial charge is 0.378 e. The SMILES string of the molecule is CCCCCCCOC1CCC(OC2CCC(OCCCCCCC)CC2)CC1. The number of rotatable bonds is 16. The molecule has 2 saturated carbocycles. The van der Waals surface area contributed by atoms with Crippen LogP contribution < -0.4 is 0 Å². The molecule has 0 heterocycles. The van der Waals surface area contributed by atoms with Gasteiger partial charge in [-0.2, -0.15) is 0 Å². The quantitative estimate of drug-likeness (QED) is 0.245. The molecule has 0 aliphatic heterocycles. The molecule has 3 nitrogen and oxygen atoms in total. The van der Waals surface area contributed by atoms with Crippen LogP contribution in [0.15, 0.2) is 0 Å². The van der Waals surface area contributed by atoms with Gasteiger partial charge in [-0.1, -0.05) is 65.2 Å². The maximum absolute atomic E-state index is 6.46. The highest BCUT2D eigenvalue weighted by Crippen LogP contribution is 2.29. The van der Waals surface area contributed by atoms with Gasteiger partial charge in [-0.3, -0.25) is 0 Å². The normalized spacial score (nSPS) is 27.9. The molecule has 29 heavy (non-hydrogen) atoms. The van der Waals surface area contributed by atoms with Gasteiger partial charge in [0.05, 0.1) is 24.4 Å². The number of ether oxygens (including phenoxy) is 3. The van der Waals surface area contributed by atoms with E-state index in [0.29, 0.717) is 24.4 Å². The zero-order chi connectivity index (χ0) is 20.6. The highest BCUT2D eigenvalue weighted by molar-refractivity contribution is 4.78. The summed E-state index contributed by atoms with van der Waals surface area (Å²) >= 11 is 0. The van der Waals surface area contributed by atoms with Crippen molar-refractivity contribution in [1.29, 1.82) is 0 Å². The van der Waals surface area contributed by atoms with Crippen LogP contribution in [0.25, 0.3) is 0 Å². The highest BCUT2D eigenvalue weighted by atomic mass is 16.5. The van der Waals surface area contributed by atoms with Crippen LogP contribution in [0.3, 0.4) is 0 Å². The van der Waals surface area contributed by atoms with Gasteiger partial charge in [0.25, 0.3) is 0 Å². The Morgan fingerprint density at radius 3 is 1.17 bits per heavy atom. The molecule has 2 aliphatic rings. The van der Waals surface area contributed by atoms with Crippen LogP contribution in [-0.2, 0) is 14.2 Å². The Labute approximate surface area is 181 Å². The van der Waals surface area contributed by atoms with E-state index in [0.717, 1.165) is 13.2 Å². The molecule has 0 aromatic heterocycles. The minimum absolute atomic E-state index is 0.473. The van der Waals surface area contributed by atoms with Crippen molar-refractivity contribution < 1.29 is 14.2 Å². The predicted octanol–water partition coefficient (Wildman–Crippen LogP) is 7.60. The summed E-state index contributed by atoms with van der Waals surface area (Å²) in [6.07, 6.45) is 24.7. The monoisotopic (exact) mass is 410 g/mol. The zero-order valence-corrected chi connectivity index (χ0v) is 19.7. The van der Waals surface area contributed by atoms with Crippen molar-refractivity contribution in [3.05, 3.63) is 0 Å². The lowest BCUT2D eigenvalue weighted by Crippen LogP contribution is -2.33. The van der Waals surface area contributed by atoms with Crippen molar-refractivity contribution in [2.45, 2.75) is 154 Å². The summed E-state index contributed by atoms with van der Waals surface area (Å²) in [5.41, 5.74) is 0. The maximum Gasteiger partial charge on any atom is 0.0580 e. The van der Waals surface area contributed by atoms with Gasteiger partial charge in [0, 0.05) is 13.2 Å². The minimum Gasteiger partial charge on any atom is -0.378 e. The molecule has 0 bridgehead atoms. The van der Waals surface area contributed by atoms with Crippen molar-refractivity contribution in [2.75, 3.05) is 13.2 Å². The lowest BCUT2D eigenvalue weighted by Gasteiger charge is -2.34. The number of hydrogen-bond donors (Lipinski definition) is 0. The fourth-order valence-corrected chi connectivity index (χ4v) is 4.85. The molecule has 0 amide bonds. The van der Waals surface area contributed by atoms with Crippen LogP contribution in [-0.4, -0.2) is 37.6 Å². The second kappa shape index (κ2) is 16.6. The van der Waals surface area contributed by atoms with Gasteiger partial charge in [0.1, 0.15) is 0 Å². The molecule has 0 N–H and O–H groups in total. The van der Waals surface area contributed by atoms with Crippen LogP contribution in [0.4, 0.5) is 0 Å². The Kier molecular flexibility index (Phi) is 14.4. The van der Waals surface area contributed by atoms with Crippen molar-refractivity contribution in [2.24, 2.45) is 0 Å². The molecule has 0 unspecified atom stereocenters. The minimum atomic E-state index is 0.473. The molecular weight excluding hydrogens is 360 g/mol. The van der Waals surface area contributed by atoms with E-state index in [1.165, 1.54) is 116 Å². The van der Waals surface area contributed by atoms with Crippen LogP contribution in [0.2, 0.25) is 0 Å². The van der Waals surface area contributed by atoms with Crippen molar-refractivity contribution in [3.63, 3.8) is 0 Å². The molecule has 0 spiro atoms. The van der Waals surface area contributed by atoms with E-state index < -0.39 is 0 Å². The van der Waals surface area contributed by atoms with Gasteiger partial charge in [-0.25, -0.2) is 0 Å². The van der Waals surface area contributed by atoms with Gasteiger partial charge in [0.15, 0.2) is 0 Å². The summed E-state index contributed by atoms with van der Waals surface area (Å²) in [4.78, 5) is 0. The molecule has 0 aromatic rings. The molecule has 3 heteroatoms. The molecule has 0 saturated heterocycles. The number of unbranched alkanes of at least 4 members (excludes halogenated alkanes) is 8. The topological polar surface area (TPSA) is 27.7 Å². The predicted molar refractivity (Wildman–Crippen MR) is 123 cm³/mol. The summed E-state index contributed by atoms with van der Waals surface area (Å²) in [5, 5.41) is 0. The van der Waals surface area contributed by atoms with Crippen LogP contribution in [0.1, 0.15) is 129 Å². The van der Waals surface area contributed by atoms with E-state index in [1.54, 1.807) is 0 Å². The fraction of sp³-hybridized carbons (Fsp3) is 1.00. The smallest absolute Gasteiger partial charge is 0.0580 e. The first-order valence-electron chi connectivity index (χ1n) is 13.2. The molecule has 0 aromatic carbocycles. The average molecular weight is 411 g/mol. The summed E-state index contributed by atoms with van der Waals surface area (Å²) in [7, 11) is 0. The standard InChI is InChI=1S/C26H50O3/c1-3-5-7-9-11-21-27-23-13-17-25(18-14-23)29-26-19-15-24(16-20-26)28-22-12-10-8-6-4-2/h23-26H,3-22H2,1-2H3. The van der Waals surface area contributed by atoms with E-state index >= 15 is 0 Å². The first-order valence-corrected chi connectivity index (χ1v) is 13.2. The molecule has 172 valence electrons. The van der Waals surface area contributed by atoms with Crippen LogP contribution in [0, 0.1) is 0 Å². The van der Waals surface area contributed by atoms with Gasteiger partial charge >= 0.3 is 0 Å². The summed E-state index contributed by atoms with van der Waals surface area (Å²) in [6, 6.07) is 0. The summed E-state index contributed by atoms with van der Waals surface area (Å²) in [5.74, 6) is 0. The van der Waals surface area contributed by atoms with E-state index in [2.05, 4.69) is 13.8 Å². The summed E-state index contributed by atoms with van der Waals surface area (Å²) < 4.78 is 18.7. The first kappa shape index (κ1) is 25.1. The van der Waals surface area contributed by atoms with Crippen molar-refractivity contribution in [1.82, 2.24) is 0 Å². The Balaban J connectivity index is 1.44. The van der Waals surface area contributed by atoms with Crippen molar-refractivity contribution >= 4 is 0 Å². The molecular formula is C26H50O3. The van der Waals surface area contributed by atoms with Gasteiger partial charge in [-0.15, -0.1) is 0 Å². The Bertz CT molecular complexity index is 323. The van der Waals surface area contributed by atoms with Crippen LogP contribution in [0.5, 0.6) is 0 Å². The van der Waals surface area contributed by atoms with Crippen LogP contribution >= 0.6 is 0 Å². The lowest BCUT2D eigenvalue weighted by atomic mass is 9.92. The third-order valence-corrected chi connectivity index (χ3v) is 6.83. The summed E-state index contributed by atoms with van der Waals surface area (Å²) in [6.45, 7) is 6.46. The van der Waals surface area contributed by atoms with E-state index in [9.17, 15) is 0 Å². The maximum atomic E-state index is 6.46. The average Bonchev–Trinajstić information content (AvgIpc) is 2.75. The molecule has 0 radical (unpaired) electrons. The first-order chi connectivity index (χ1) is 14.3. The van der Waals surface area contributed by atoms with E-state index in [4.69, 9.17) is 14.2 Å². The molecule has 2 rings (SSSR count). The van der Waals surface area contributed by atoms with E-state index in [-0.39, 0.29) is 0 Å².